The second kappa shape index (κ2) is 10.1. The first-order chi connectivity index (χ1) is 15.2. The summed E-state index contributed by atoms with van der Waals surface area (Å²) in [6.07, 6.45) is 0.866. The van der Waals surface area contributed by atoms with Crippen molar-refractivity contribution in [2.24, 2.45) is 5.92 Å². The van der Waals surface area contributed by atoms with Crippen molar-refractivity contribution in [3.8, 4) is 11.5 Å². The molecule has 0 heterocycles. The number of hydroxylamine groups is 1. The molecule has 0 aliphatic heterocycles. The number of amides is 1. The fraction of sp³-hybridized carbons (Fsp3) is 0.333. The van der Waals surface area contributed by atoms with Gasteiger partial charge < -0.3 is 9.84 Å². The molecule has 0 spiro atoms. The molecule has 2 aromatic carbocycles. The van der Waals surface area contributed by atoms with E-state index in [9.17, 15) is 22.4 Å². The molecule has 3 N–H and O–H groups in total. The van der Waals surface area contributed by atoms with Gasteiger partial charge in [-0.2, -0.15) is 4.31 Å². The molecular weight excluding hydrogens is 443 g/mol. The highest BCUT2D eigenvalue weighted by atomic mass is 32.2. The molecule has 172 valence electrons. The number of rotatable bonds is 9. The number of aliphatic carboxylic acids is 1. The minimum atomic E-state index is -4.15. The van der Waals surface area contributed by atoms with Crippen LogP contribution in [0.5, 0.6) is 11.5 Å². The first kappa shape index (κ1) is 23.6. The van der Waals surface area contributed by atoms with E-state index in [-0.39, 0.29) is 11.4 Å². The van der Waals surface area contributed by atoms with Crippen molar-refractivity contribution >= 4 is 21.9 Å². The van der Waals surface area contributed by atoms with E-state index in [4.69, 9.17) is 15.1 Å². The van der Waals surface area contributed by atoms with E-state index in [0.29, 0.717) is 30.8 Å². The van der Waals surface area contributed by atoms with Crippen LogP contribution in [0.15, 0.2) is 53.4 Å². The summed E-state index contributed by atoms with van der Waals surface area (Å²) in [5.74, 6) is -2.38. The Morgan fingerprint density at radius 1 is 1.06 bits per heavy atom. The predicted molar refractivity (Wildman–Crippen MR) is 110 cm³/mol. The SMILES string of the molecule is O=C(O)CCN(C1CCCC1C(=O)NO)S(=O)(=O)c1ccc(Oc2ccc(F)cc2)cc1. The molecule has 32 heavy (non-hydrogen) atoms. The smallest absolute Gasteiger partial charge is 0.304 e. The number of ether oxygens (including phenoxy) is 1. The molecule has 1 aliphatic carbocycles. The zero-order valence-corrected chi connectivity index (χ0v) is 17.8. The zero-order valence-electron chi connectivity index (χ0n) is 17.0. The Morgan fingerprint density at radius 3 is 2.22 bits per heavy atom. The van der Waals surface area contributed by atoms with Gasteiger partial charge in [0.25, 0.3) is 0 Å². The van der Waals surface area contributed by atoms with Crippen molar-refractivity contribution < 1.29 is 37.4 Å². The number of halogens is 1. The van der Waals surface area contributed by atoms with Gasteiger partial charge in [0.2, 0.25) is 15.9 Å². The summed E-state index contributed by atoms with van der Waals surface area (Å²) in [4.78, 5) is 23.0. The maximum absolute atomic E-state index is 13.4. The first-order valence-corrected chi connectivity index (χ1v) is 11.4. The number of carbonyl (C=O) groups is 2. The maximum Gasteiger partial charge on any atom is 0.304 e. The van der Waals surface area contributed by atoms with Gasteiger partial charge in [0, 0.05) is 12.6 Å². The van der Waals surface area contributed by atoms with Gasteiger partial charge in [0.15, 0.2) is 0 Å². The first-order valence-electron chi connectivity index (χ1n) is 9.93. The van der Waals surface area contributed by atoms with Gasteiger partial charge >= 0.3 is 5.97 Å². The number of carboxylic acid groups (broad SMARTS) is 1. The molecule has 9 nitrogen and oxygen atoms in total. The Balaban J connectivity index is 1.85. The summed E-state index contributed by atoms with van der Waals surface area (Å²) in [5, 5.41) is 18.1. The van der Waals surface area contributed by atoms with Gasteiger partial charge in [-0.25, -0.2) is 18.3 Å². The van der Waals surface area contributed by atoms with Crippen LogP contribution in [0, 0.1) is 11.7 Å². The van der Waals surface area contributed by atoms with E-state index in [1.807, 2.05) is 0 Å². The average Bonchev–Trinajstić information content (AvgIpc) is 3.24. The highest BCUT2D eigenvalue weighted by Gasteiger charge is 2.42. The van der Waals surface area contributed by atoms with Gasteiger partial charge in [-0.15, -0.1) is 0 Å². The van der Waals surface area contributed by atoms with Crippen molar-refractivity contribution in [2.45, 2.75) is 36.6 Å². The van der Waals surface area contributed by atoms with E-state index in [1.54, 1.807) is 5.48 Å². The molecule has 0 bridgehead atoms. The molecule has 1 aliphatic rings. The third-order valence-corrected chi connectivity index (χ3v) is 7.26. The second-order valence-electron chi connectivity index (χ2n) is 7.37. The number of hydrogen-bond acceptors (Lipinski definition) is 6. The van der Waals surface area contributed by atoms with Crippen molar-refractivity contribution in [2.75, 3.05) is 6.54 Å². The molecule has 3 rings (SSSR count). The second-order valence-corrected chi connectivity index (χ2v) is 9.26. The van der Waals surface area contributed by atoms with Crippen LogP contribution >= 0.6 is 0 Å². The highest BCUT2D eigenvalue weighted by molar-refractivity contribution is 7.89. The van der Waals surface area contributed by atoms with Crippen LogP contribution in [-0.2, 0) is 19.6 Å². The molecule has 0 aromatic heterocycles. The lowest BCUT2D eigenvalue weighted by Crippen LogP contribution is -2.47. The number of nitrogens with zero attached hydrogens (tertiary/aromatic N) is 1. The minimum absolute atomic E-state index is 0.0931. The zero-order chi connectivity index (χ0) is 23.3. The van der Waals surface area contributed by atoms with Crippen molar-refractivity contribution in [3.05, 3.63) is 54.3 Å². The van der Waals surface area contributed by atoms with Gasteiger partial charge in [-0.1, -0.05) is 6.42 Å². The minimum Gasteiger partial charge on any atom is -0.481 e. The average molecular weight is 466 g/mol. The molecule has 0 radical (unpaired) electrons. The van der Waals surface area contributed by atoms with Gasteiger partial charge in [0.1, 0.15) is 17.3 Å². The summed E-state index contributed by atoms with van der Waals surface area (Å²) < 4.78 is 46.3. The summed E-state index contributed by atoms with van der Waals surface area (Å²) in [6, 6.07) is 10.0. The van der Waals surface area contributed by atoms with E-state index < -0.39 is 46.1 Å². The van der Waals surface area contributed by atoms with Gasteiger partial charge in [-0.3, -0.25) is 14.8 Å². The third-order valence-electron chi connectivity index (χ3n) is 5.32. The van der Waals surface area contributed by atoms with E-state index in [1.165, 1.54) is 48.5 Å². The third kappa shape index (κ3) is 5.42. The number of hydrogen-bond donors (Lipinski definition) is 3. The maximum atomic E-state index is 13.4. The van der Waals surface area contributed by atoms with E-state index in [2.05, 4.69) is 0 Å². The number of benzene rings is 2. The summed E-state index contributed by atoms with van der Waals surface area (Å²) in [6.45, 7) is -0.314. The topological polar surface area (TPSA) is 133 Å². The van der Waals surface area contributed by atoms with Crippen molar-refractivity contribution in [1.29, 1.82) is 0 Å². The number of carboxylic acids is 1. The van der Waals surface area contributed by atoms with Crippen LogP contribution in [0.25, 0.3) is 0 Å². The fourth-order valence-corrected chi connectivity index (χ4v) is 5.49. The molecule has 2 atom stereocenters. The van der Waals surface area contributed by atoms with Crippen LogP contribution in [0.3, 0.4) is 0 Å². The number of sulfonamides is 1. The fourth-order valence-electron chi connectivity index (χ4n) is 3.80. The molecule has 0 saturated heterocycles. The van der Waals surface area contributed by atoms with Crippen molar-refractivity contribution in [1.82, 2.24) is 9.79 Å². The quantitative estimate of drug-likeness (QED) is 0.382. The normalized spacial score (nSPS) is 18.5. The van der Waals surface area contributed by atoms with Crippen LogP contribution in [0.2, 0.25) is 0 Å². The molecule has 1 fully saturated rings. The highest BCUT2D eigenvalue weighted by Crippen LogP contribution is 2.34. The lowest BCUT2D eigenvalue weighted by Gasteiger charge is -2.31. The van der Waals surface area contributed by atoms with Gasteiger partial charge in [0.05, 0.1) is 17.2 Å². The Labute approximate surface area is 184 Å². The van der Waals surface area contributed by atoms with Gasteiger partial charge in [-0.05, 0) is 61.4 Å². The van der Waals surface area contributed by atoms with Crippen LogP contribution < -0.4 is 10.2 Å². The molecular formula is C21H23FN2O7S. The number of carbonyl (C=O) groups excluding carboxylic acids is 1. The summed E-state index contributed by atoms with van der Waals surface area (Å²) >= 11 is 0. The molecule has 1 amide bonds. The standard InChI is InChI=1S/C21H23FN2O7S/c22-14-4-6-15(7-5-14)31-16-8-10-17(11-9-16)32(29,30)24(13-12-20(25)26)19-3-1-2-18(19)21(27)23-28/h4-11,18-19,28H,1-3,12-13H2,(H,23,27)(H,25,26). The molecule has 2 aromatic rings. The molecule has 2 unspecified atom stereocenters. The summed E-state index contributed by atoms with van der Waals surface area (Å²) in [5.41, 5.74) is 1.57. The lowest BCUT2D eigenvalue weighted by molar-refractivity contribution is -0.137. The predicted octanol–water partition coefficient (Wildman–Crippen LogP) is 2.76. The Morgan fingerprint density at radius 2 is 1.66 bits per heavy atom. The molecule has 11 heteroatoms. The number of nitrogens with one attached hydrogen (secondary N) is 1. The largest absolute Gasteiger partial charge is 0.481 e. The monoisotopic (exact) mass is 466 g/mol. The Bertz CT molecular complexity index is 1060. The van der Waals surface area contributed by atoms with Crippen LogP contribution in [-0.4, -0.2) is 47.5 Å². The Hall–Kier alpha value is -3.02. The van der Waals surface area contributed by atoms with Crippen LogP contribution in [0.4, 0.5) is 4.39 Å². The summed E-state index contributed by atoms with van der Waals surface area (Å²) in [7, 11) is -4.15. The lowest BCUT2D eigenvalue weighted by atomic mass is 10.0. The molecule has 1 saturated carbocycles. The van der Waals surface area contributed by atoms with Crippen LogP contribution in [0.1, 0.15) is 25.7 Å². The van der Waals surface area contributed by atoms with Crippen molar-refractivity contribution in [3.63, 3.8) is 0 Å². The van der Waals surface area contributed by atoms with E-state index in [0.717, 1.165) is 4.31 Å². The van der Waals surface area contributed by atoms with E-state index >= 15 is 0 Å². The Kier molecular flexibility index (Phi) is 7.44.